The molecule has 24 heavy (non-hydrogen) atoms. The van der Waals surface area contributed by atoms with E-state index in [4.69, 9.17) is 11.6 Å². The van der Waals surface area contributed by atoms with Crippen LogP contribution in [-0.2, 0) is 19.9 Å². The van der Waals surface area contributed by atoms with Crippen LogP contribution in [0.3, 0.4) is 0 Å². The predicted molar refractivity (Wildman–Crippen MR) is 88.2 cm³/mol. The summed E-state index contributed by atoms with van der Waals surface area (Å²) in [6, 6.07) is 11.3. The molecule has 2 aromatic rings. The summed E-state index contributed by atoms with van der Waals surface area (Å²) in [7, 11) is -7.75. The lowest BCUT2D eigenvalue weighted by atomic mass is 10.2. The fourth-order valence-electron chi connectivity index (χ4n) is 2.42. The third kappa shape index (κ3) is 2.81. The molecule has 0 N–H and O–H groups in total. The van der Waals surface area contributed by atoms with Crippen LogP contribution in [0.1, 0.15) is 10.4 Å². The molecule has 0 aromatic heterocycles. The first-order valence-electron chi connectivity index (χ1n) is 6.88. The third-order valence-corrected chi connectivity index (χ3v) is 7.45. The van der Waals surface area contributed by atoms with Gasteiger partial charge in [-0.3, -0.25) is 4.79 Å². The van der Waals surface area contributed by atoms with Crippen LogP contribution >= 0.6 is 11.6 Å². The molecule has 0 bridgehead atoms. The Morgan fingerprint density at radius 3 is 2.25 bits per heavy atom. The molecule has 3 rings (SSSR count). The Bertz CT molecular complexity index is 1010. The lowest BCUT2D eigenvalue weighted by Gasteiger charge is -2.15. The van der Waals surface area contributed by atoms with Crippen LogP contribution < -0.4 is 0 Å². The maximum atomic E-state index is 12.4. The van der Waals surface area contributed by atoms with Gasteiger partial charge in [0.05, 0.1) is 22.8 Å². The number of nitrogens with zero attached hydrogens (tertiary/aromatic N) is 1. The van der Waals surface area contributed by atoms with E-state index >= 15 is 0 Å². The SMILES string of the molecule is O=C1c2ccccc2S(=O)(=O)N1CCS(=O)(=O)c1ccc(Cl)cc1. The molecule has 2 aromatic carbocycles. The lowest BCUT2D eigenvalue weighted by molar-refractivity contribution is 0.0876. The monoisotopic (exact) mass is 385 g/mol. The highest BCUT2D eigenvalue weighted by atomic mass is 35.5. The van der Waals surface area contributed by atoms with Crippen molar-refractivity contribution >= 4 is 37.4 Å². The van der Waals surface area contributed by atoms with E-state index in [2.05, 4.69) is 0 Å². The Balaban J connectivity index is 1.85. The average Bonchev–Trinajstić information content (AvgIpc) is 2.73. The van der Waals surface area contributed by atoms with Crippen molar-refractivity contribution in [2.45, 2.75) is 9.79 Å². The summed E-state index contributed by atoms with van der Waals surface area (Å²) in [5.41, 5.74) is 0.0568. The second-order valence-corrected chi connectivity index (χ2v) is 9.53. The Kier molecular flexibility index (Phi) is 4.15. The Hall–Kier alpha value is -1.90. The van der Waals surface area contributed by atoms with Gasteiger partial charge in [0.1, 0.15) is 4.90 Å². The molecule has 0 saturated heterocycles. The highest BCUT2D eigenvalue weighted by Gasteiger charge is 2.41. The van der Waals surface area contributed by atoms with Crippen LogP contribution in [0.5, 0.6) is 0 Å². The minimum Gasteiger partial charge on any atom is -0.268 e. The van der Waals surface area contributed by atoms with E-state index in [1.54, 1.807) is 6.07 Å². The van der Waals surface area contributed by atoms with Crippen molar-refractivity contribution in [1.82, 2.24) is 4.31 Å². The molecule has 126 valence electrons. The molecule has 0 saturated carbocycles. The van der Waals surface area contributed by atoms with E-state index in [1.165, 1.54) is 42.5 Å². The van der Waals surface area contributed by atoms with E-state index < -0.39 is 38.1 Å². The maximum Gasteiger partial charge on any atom is 0.269 e. The van der Waals surface area contributed by atoms with Gasteiger partial charge in [0, 0.05) is 5.02 Å². The summed E-state index contributed by atoms with van der Waals surface area (Å²) in [6.07, 6.45) is 0. The summed E-state index contributed by atoms with van der Waals surface area (Å²) in [5.74, 6) is -1.22. The summed E-state index contributed by atoms with van der Waals surface area (Å²) in [4.78, 5) is 12.2. The van der Waals surface area contributed by atoms with Crippen LogP contribution in [0.15, 0.2) is 58.3 Å². The smallest absolute Gasteiger partial charge is 0.268 e. The summed E-state index contributed by atoms with van der Waals surface area (Å²) < 4.78 is 50.0. The van der Waals surface area contributed by atoms with Crippen molar-refractivity contribution in [2.75, 3.05) is 12.3 Å². The molecule has 0 atom stereocenters. The van der Waals surface area contributed by atoms with Gasteiger partial charge in [-0.05, 0) is 36.4 Å². The number of hydrogen-bond donors (Lipinski definition) is 0. The van der Waals surface area contributed by atoms with Crippen LogP contribution in [0.2, 0.25) is 5.02 Å². The molecule has 0 fully saturated rings. The number of halogens is 1. The van der Waals surface area contributed by atoms with Gasteiger partial charge in [0.2, 0.25) is 0 Å². The van der Waals surface area contributed by atoms with E-state index in [0.29, 0.717) is 9.33 Å². The number of rotatable bonds is 4. The summed E-state index contributed by atoms with van der Waals surface area (Å²) in [6.45, 7) is -0.444. The fourth-order valence-corrected chi connectivity index (χ4v) is 5.44. The van der Waals surface area contributed by atoms with Gasteiger partial charge in [-0.2, -0.15) is 0 Å². The zero-order chi connectivity index (χ0) is 17.5. The standard InChI is InChI=1S/C15H12ClNO5S2/c16-11-5-7-12(8-6-11)23(19,20)10-9-17-15(18)13-3-1-2-4-14(13)24(17,21)22/h1-8H,9-10H2. The van der Waals surface area contributed by atoms with Crippen molar-refractivity contribution in [1.29, 1.82) is 0 Å². The molecular formula is C15H12ClNO5S2. The number of fused-ring (bicyclic) bond motifs is 1. The largest absolute Gasteiger partial charge is 0.269 e. The van der Waals surface area contributed by atoms with E-state index in [9.17, 15) is 21.6 Å². The average molecular weight is 386 g/mol. The second-order valence-electron chi connectivity index (χ2n) is 5.15. The van der Waals surface area contributed by atoms with Gasteiger partial charge < -0.3 is 0 Å². The zero-order valence-corrected chi connectivity index (χ0v) is 14.6. The fraction of sp³-hybridized carbons (Fsp3) is 0.133. The number of amides is 1. The van der Waals surface area contributed by atoms with Crippen molar-refractivity contribution in [3.63, 3.8) is 0 Å². The second kappa shape index (κ2) is 5.87. The molecule has 0 unspecified atom stereocenters. The Morgan fingerprint density at radius 2 is 1.62 bits per heavy atom. The van der Waals surface area contributed by atoms with Gasteiger partial charge in [-0.15, -0.1) is 0 Å². The van der Waals surface area contributed by atoms with Crippen molar-refractivity contribution in [2.24, 2.45) is 0 Å². The van der Waals surface area contributed by atoms with Gasteiger partial charge in [0.25, 0.3) is 15.9 Å². The molecule has 0 spiro atoms. The molecular weight excluding hydrogens is 374 g/mol. The highest BCUT2D eigenvalue weighted by Crippen LogP contribution is 2.30. The molecule has 1 heterocycles. The number of carbonyl (C=O) groups excluding carboxylic acids is 1. The molecule has 0 aliphatic carbocycles. The third-order valence-electron chi connectivity index (χ3n) is 3.65. The molecule has 1 aliphatic heterocycles. The summed E-state index contributed by atoms with van der Waals surface area (Å²) in [5, 5.41) is 0.390. The van der Waals surface area contributed by atoms with E-state index in [0.717, 1.165) is 0 Å². The van der Waals surface area contributed by atoms with Gasteiger partial charge in [-0.1, -0.05) is 23.7 Å². The quantitative estimate of drug-likeness (QED) is 0.802. The number of sulfone groups is 1. The number of hydrogen-bond acceptors (Lipinski definition) is 5. The minimum absolute atomic E-state index is 0.0217. The highest BCUT2D eigenvalue weighted by molar-refractivity contribution is 7.92. The molecule has 1 amide bonds. The van der Waals surface area contributed by atoms with Gasteiger partial charge in [-0.25, -0.2) is 21.1 Å². The van der Waals surface area contributed by atoms with Crippen molar-refractivity contribution in [3.05, 3.63) is 59.1 Å². The van der Waals surface area contributed by atoms with Crippen LogP contribution in [0.4, 0.5) is 0 Å². The Morgan fingerprint density at radius 1 is 1.00 bits per heavy atom. The van der Waals surface area contributed by atoms with Crippen LogP contribution in [-0.4, -0.2) is 39.3 Å². The first-order chi connectivity index (χ1) is 11.2. The van der Waals surface area contributed by atoms with Gasteiger partial charge in [0.15, 0.2) is 9.84 Å². The number of sulfonamides is 1. The topological polar surface area (TPSA) is 88.6 Å². The first kappa shape index (κ1) is 16.9. The van der Waals surface area contributed by atoms with Crippen molar-refractivity contribution < 1.29 is 21.6 Å². The van der Waals surface area contributed by atoms with Gasteiger partial charge >= 0.3 is 0 Å². The lowest BCUT2D eigenvalue weighted by Crippen LogP contribution is -2.34. The Labute approximate surface area is 144 Å². The summed E-state index contributed by atoms with van der Waals surface area (Å²) >= 11 is 5.72. The van der Waals surface area contributed by atoms with E-state index in [1.807, 2.05) is 0 Å². The van der Waals surface area contributed by atoms with Crippen molar-refractivity contribution in [3.8, 4) is 0 Å². The van der Waals surface area contributed by atoms with Crippen LogP contribution in [0, 0.1) is 0 Å². The first-order valence-corrected chi connectivity index (χ1v) is 10.3. The normalized spacial score (nSPS) is 16.2. The molecule has 1 aliphatic rings. The van der Waals surface area contributed by atoms with Crippen LogP contribution in [0.25, 0.3) is 0 Å². The molecule has 9 heteroatoms. The number of carbonyl (C=O) groups is 1. The maximum absolute atomic E-state index is 12.4. The minimum atomic E-state index is -4.01. The molecule has 6 nitrogen and oxygen atoms in total. The molecule has 0 radical (unpaired) electrons. The number of benzene rings is 2. The zero-order valence-electron chi connectivity index (χ0n) is 12.2. The van der Waals surface area contributed by atoms with E-state index in [-0.39, 0.29) is 15.4 Å². The predicted octanol–water partition coefficient (Wildman–Crippen LogP) is 1.96.